The second-order valence-corrected chi connectivity index (χ2v) is 6.70. The minimum atomic E-state index is -1.64. The van der Waals surface area contributed by atoms with Crippen LogP contribution in [0.1, 0.15) is 11.1 Å². The number of carbonyl (C=O) groups is 1. The summed E-state index contributed by atoms with van der Waals surface area (Å²) in [5.74, 6) is -0.880. The maximum atomic E-state index is 11.9. The normalized spacial score (nSPS) is 26.5. The summed E-state index contributed by atoms with van der Waals surface area (Å²) in [4.78, 5) is 23.6. The number of rotatable bonds is 6. The van der Waals surface area contributed by atoms with Crippen molar-refractivity contribution >= 4 is 12.0 Å². The van der Waals surface area contributed by atoms with E-state index < -0.39 is 43.3 Å². The molecule has 30 heavy (non-hydrogen) atoms. The van der Waals surface area contributed by atoms with Gasteiger partial charge in [0.1, 0.15) is 31.0 Å². The van der Waals surface area contributed by atoms with Crippen LogP contribution in [0.2, 0.25) is 0 Å². The summed E-state index contributed by atoms with van der Waals surface area (Å²) in [5.41, 5.74) is 0.593. The Kier molecular flexibility index (Phi) is 7.01. The molecule has 2 heterocycles. The van der Waals surface area contributed by atoms with Crippen molar-refractivity contribution in [3.8, 4) is 5.95 Å². The van der Waals surface area contributed by atoms with Crippen molar-refractivity contribution in [2.24, 2.45) is 0 Å². The molecule has 1 aromatic heterocycles. The van der Waals surface area contributed by atoms with E-state index in [0.29, 0.717) is 0 Å². The highest BCUT2D eigenvalue weighted by Crippen LogP contribution is 2.25. The third-order valence-electron chi connectivity index (χ3n) is 4.56. The molecule has 9 nitrogen and oxygen atoms in total. The Bertz CT molecular complexity index is 937. The van der Waals surface area contributed by atoms with E-state index in [0.717, 1.165) is 11.8 Å². The predicted octanol–water partition coefficient (Wildman–Crippen LogP) is 0.391. The molecule has 0 radical (unpaired) electrons. The van der Waals surface area contributed by atoms with Crippen LogP contribution in [0, 0.1) is 6.92 Å². The van der Waals surface area contributed by atoms with Crippen molar-refractivity contribution in [1.82, 2.24) is 0 Å². The maximum Gasteiger partial charge on any atom is 0.330 e. The van der Waals surface area contributed by atoms with Crippen LogP contribution in [0.5, 0.6) is 5.95 Å². The first-order chi connectivity index (χ1) is 14.4. The van der Waals surface area contributed by atoms with Gasteiger partial charge in [0, 0.05) is 12.1 Å². The average Bonchev–Trinajstić information content (AvgIpc) is 2.75. The zero-order chi connectivity index (χ0) is 21.7. The molecule has 3 N–H and O–H groups in total. The first-order valence-electron chi connectivity index (χ1n) is 9.21. The van der Waals surface area contributed by atoms with Gasteiger partial charge in [-0.15, -0.1) is 0 Å². The molecule has 0 unspecified atom stereocenters. The quantitative estimate of drug-likeness (QED) is 0.450. The first-order valence-corrected chi connectivity index (χ1v) is 9.21. The Morgan fingerprint density at radius 1 is 1.10 bits per heavy atom. The molecule has 0 aliphatic carbocycles. The van der Waals surface area contributed by atoms with E-state index in [9.17, 15) is 24.9 Å². The zero-order valence-corrected chi connectivity index (χ0v) is 16.1. The number of aliphatic hydroxyl groups excluding tert-OH is 3. The Morgan fingerprint density at radius 3 is 2.57 bits per heavy atom. The second kappa shape index (κ2) is 9.68. The zero-order valence-electron chi connectivity index (χ0n) is 16.1. The summed E-state index contributed by atoms with van der Waals surface area (Å²) in [6.07, 6.45) is -3.55. The van der Waals surface area contributed by atoms with Crippen LogP contribution in [-0.4, -0.2) is 58.6 Å². The van der Waals surface area contributed by atoms with E-state index in [1.807, 2.05) is 18.2 Å². The number of hydrogen-bond donors (Lipinski definition) is 3. The molecule has 1 aliphatic rings. The molecule has 5 atom stereocenters. The topological polar surface area (TPSA) is 136 Å². The lowest BCUT2D eigenvalue weighted by atomic mass is 9.99. The van der Waals surface area contributed by atoms with Crippen molar-refractivity contribution < 1.29 is 38.7 Å². The molecule has 9 heteroatoms. The van der Waals surface area contributed by atoms with Gasteiger partial charge in [-0.2, -0.15) is 0 Å². The van der Waals surface area contributed by atoms with Crippen molar-refractivity contribution in [3.63, 3.8) is 0 Å². The standard InChI is InChI=1S/C21H22O9/c1-12-14(22)9-10-27-20(12)30-21-19(26)18(25)17(24)15(29-21)11-28-16(23)8-7-13-5-3-2-4-6-13/h2-10,15,17-19,21,24-26H,11H2,1H3/t15-,17+,18-,19-,21-/m0/s1. The van der Waals surface area contributed by atoms with E-state index in [1.165, 1.54) is 19.1 Å². The fraction of sp³-hybridized carbons (Fsp3) is 0.333. The molecule has 0 saturated carbocycles. The van der Waals surface area contributed by atoms with E-state index in [-0.39, 0.29) is 16.9 Å². The van der Waals surface area contributed by atoms with Gasteiger partial charge < -0.3 is 33.9 Å². The molecule has 0 bridgehead atoms. The minimum absolute atomic E-state index is 0.142. The van der Waals surface area contributed by atoms with Crippen LogP contribution < -0.4 is 10.2 Å². The van der Waals surface area contributed by atoms with Crippen LogP contribution in [0.4, 0.5) is 0 Å². The molecular weight excluding hydrogens is 396 g/mol. The fourth-order valence-corrected chi connectivity index (χ4v) is 2.79. The summed E-state index contributed by atoms with van der Waals surface area (Å²) in [6.45, 7) is 1.06. The molecule has 2 aromatic rings. The van der Waals surface area contributed by atoms with Crippen LogP contribution in [0.15, 0.2) is 57.9 Å². The molecule has 3 rings (SSSR count). The highest BCUT2D eigenvalue weighted by atomic mass is 16.7. The third-order valence-corrected chi connectivity index (χ3v) is 4.56. The number of benzene rings is 1. The Labute approximate surface area is 171 Å². The molecule has 1 fully saturated rings. The minimum Gasteiger partial charge on any atom is -0.460 e. The largest absolute Gasteiger partial charge is 0.460 e. The van der Waals surface area contributed by atoms with Gasteiger partial charge in [-0.1, -0.05) is 30.3 Å². The second-order valence-electron chi connectivity index (χ2n) is 6.70. The number of ether oxygens (including phenoxy) is 3. The number of hydrogen-bond acceptors (Lipinski definition) is 9. The molecule has 160 valence electrons. The predicted molar refractivity (Wildman–Crippen MR) is 103 cm³/mol. The lowest BCUT2D eigenvalue weighted by molar-refractivity contribution is -0.281. The highest BCUT2D eigenvalue weighted by Gasteiger charge is 2.45. The SMILES string of the molecule is Cc1c(O[C@@H]2O[C@@H](COC(=O)C=Cc3ccccc3)[C@@H](O)[C@H](O)[C@@H]2O)occc1=O. The van der Waals surface area contributed by atoms with E-state index in [4.69, 9.17) is 18.6 Å². The van der Waals surface area contributed by atoms with Gasteiger partial charge in [0.15, 0.2) is 5.43 Å². The Balaban J connectivity index is 1.62. The van der Waals surface area contributed by atoms with Gasteiger partial charge in [0.05, 0.1) is 11.8 Å². The van der Waals surface area contributed by atoms with E-state index >= 15 is 0 Å². The molecular formula is C21H22O9. The fourth-order valence-electron chi connectivity index (χ4n) is 2.79. The van der Waals surface area contributed by atoms with Crippen molar-refractivity contribution in [2.75, 3.05) is 6.61 Å². The lowest BCUT2D eigenvalue weighted by Crippen LogP contribution is -2.60. The van der Waals surface area contributed by atoms with E-state index in [2.05, 4.69) is 0 Å². The van der Waals surface area contributed by atoms with Crippen LogP contribution in [-0.2, 0) is 14.3 Å². The maximum absolute atomic E-state index is 11.9. The number of aliphatic hydroxyl groups is 3. The highest BCUT2D eigenvalue weighted by molar-refractivity contribution is 5.87. The Hall–Kier alpha value is -2.98. The number of carbonyl (C=O) groups excluding carboxylic acids is 1. The third kappa shape index (κ3) is 5.14. The molecule has 1 aromatic carbocycles. The summed E-state index contributed by atoms with van der Waals surface area (Å²) in [7, 11) is 0. The van der Waals surface area contributed by atoms with Gasteiger partial charge in [0.25, 0.3) is 5.95 Å². The Morgan fingerprint density at radius 2 is 1.83 bits per heavy atom. The summed E-state index contributed by atoms with van der Waals surface area (Å²) in [6, 6.07) is 10.3. The van der Waals surface area contributed by atoms with Crippen molar-refractivity contribution in [2.45, 2.75) is 37.6 Å². The molecule has 1 aliphatic heterocycles. The van der Waals surface area contributed by atoms with Gasteiger partial charge >= 0.3 is 5.97 Å². The van der Waals surface area contributed by atoms with Gasteiger partial charge in [-0.05, 0) is 18.6 Å². The van der Waals surface area contributed by atoms with Crippen molar-refractivity contribution in [3.05, 3.63) is 70.1 Å². The van der Waals surface area contributed by atoms with Crippen LogP contribution >= 0.6 is 0 Å². The summed E-state index contributed by atoms with van der Waals surface area (Å²) < 4.78 is 21.0. The molecule has 0 spiro atoms. The average molecular weight is 418 g/mol. The summed E-state index contributed by atoms with van der Waals surface area (Å²) >= 11 is 0. The molecule has 0 amide bonds. The van der Waals surface area contributed by atoms with Gasteiger partial charge in [-0.25, -0.2) is 4.79 Å². The van der Waals surface area contributed by atoms with E-state index in [1.54, 1.807) is 18.2 Å². The molecule has 1 saturated heterocycles. The monoisotopic (exact) mass is 418 g/mol. The number of esters is 1. The summed E-state index contributed by atoms with van der Waals surface area (Å²) in [5, 5.41) is 30.4. The first kappa shape index (κ1) is 21.7. The lowest BCUT2D eigenvalue weighted by Gasteiger charge is -2.39. The van der Waals surface area contributed by atoms with Gasteiger partial charge in [-0.3, -0.25) is 4.79 Å². The smallest absolute Gasteiger partial charge is 0.330 e. The van der Waals surface area contributed by atoms with Gasteiger partial charge in [0.2, 0.25) is 6.29 Å². The van der Waals surface area contributed by atoms with Crippen LogP contribution in [0.25, 0.3) is 6.08 Å². The van der Waals surface area contributed by atoms with Crippen molar-refractivity contribution in [1.29, 1.82) is 0 Å². The van der Waals surface area contributed by atoms with Crippen LogP contribution in [0.3, 0.4) is 0 Å².